The predicted octanol–water partition coefficient (Wildman–Crippen LogP) is 3.91. The third kappa shape index (κ3) is 2.13. The number of hydrogen-bond acceptors (Lipinski definition) is 2. The van der Waals surface area contributed by atoms with Crippen molar-refractivity contribution in [2.75, 3.05) is 0 Å². The zero-order valence-corrected chi connectivity index (χ0v) is 11.6. The molecule has 2 saturated carbocycles. The average molecular weight is 284 g/mol. The van der Waals surface area contributed by atoms with Crippen LogP contribution >= 0.6 is 11.6 Å². The summed E-state index contributed by atoms with van der Waals surface area (Å²) in [5.41, 5.74) is 6.25. The minimum absolute atomic E-state index is 0.0113. The summed E-state index contributed by atoms with van der Waals surface area (Å²) in [6.45, 7) is 0. The molecule has 3 rings (SSSR count). The minimum Gasteiger partial charge on any atom is -0.485 e. The van der Waals surface area contributed by atoms with Crippen LogP contribution in [0.15, 0.2) is 18.2 Å². The Morgan fingerprint density at radius 2 is 2.00 bits per heavy atom. The molecule has 0 saturated heterocycles. The van der Waals surface area contributed by atoms with Gasteiger partial charge in [0, 0.05) is 17.9 Å². The van der Waals surface area contributed by atoms with E-state index in [0.717, 1.165) is 19.3 Å². The van der Waals surface area contributed by atoms with Gasteiger partial charge in [-0.3, -0.25) is 0 Å². The lowest BCUT2D eigenvalue weighted by Crippen LogP contribution is -2.64. The molecular formula is C15H19ClFNO. The second-order valence-corrected chi connectivity index (χ2v) is 6.20. The van der Waals surface area contributed by atoms with E-state index >= 15 is 0 Å². The van der Waals surface area contributed by atoms with Crippen LogP contribution in [-0.4, -0.2) is 12.1 Å². The normalized spacial score (nSPS) is 29.0. The third-order valence-corrected chi connectivity index (χ3v) is 5.11. The van der Waals surface area contributed by atoms with Crippen molar-refractivity contribution in [1.29, 1.82) is 0 Å². The van der Waals surface area contributed by atoms with Crippen molar-refractivity contribution in [1.82, 2.24) is 0 Å². The predicted molar refractivity (Wildman–Crippen MR) is 73.9 cm³/mol. The first kappa shape index (κ1) is 13.2. The van der Waals surface area contributed by atoms with Gasteiger partial charge in [0.25, 0.3) is 0 Å². The summed E-state index contributed by atoms with van der Waals surface area (Å²) < 4.78 is 19.7. The van der Waals surface area contributed by atoms with E-state index in [9.17, 15) is 4.39 Å². The van der Waals surface area contributed by atoms with Crippen LogP contribution in [0.5, 0.6) is 5.75 Å². The standard InChI is InChI=1S/C15H19ClFNO/c16-10-5-4-6-11(17)14(10)19-13-9-12(18)15(13)7-2-1-3-8-15/h4-6,12-13H,1-3,7-9,18H2. The van der Waals surface area contributed by atoms with Crippen molar-refractivity contribution in [3.63, 3.8) is 0 Å². The van der Waals surface area contributed by atoms with Gasteiger partial charge >= 0.3 is 0 Å². The molecular weight excluding hydrogens is 265 g/mol. The van der Waals surface area contributed by atoms with Crippen molar-refractivity contribution >= 4 is 11.6 Å². The summed E-state index contributed by atoms with van der Waals surface area (Å²) in [6, 6.07) is 4.82. The molecule has 1 aromatic carbocycles. The van der Waals surface area contributed by atoms with Gasteiger partial charge in [0.1, 0.15) is 6.10 Å². The van der Waals surface area contributed by atoms with Gasteiger partial charge < -0.3 is 10.5 Å². The smallest absolute Gasteiger partial charge is 0.173 e. The molecule has 0 radical (unpaired) electrons. The van der Waals surface area contributed by atoms with Gasteiger partial charge in [-0.1, -0.05) is 36.9 Å². The number of halogens is 2. The number of rotatable bonds is 2. The van der Waals surface area contributed by atoms with Gasteiger partial charge in [-0.2, -0.15) is 0 Å². The fourth-order valence-electron chi connectivity index (χ4n) is 3.58. The Hall–Kier alpha value is -0.800. The quantitative estimate of drug-likeness (QED) is 0.893. The molecule has 4 heteroatoms. The highest BCUT2D eigenvalue weighted by atomic mass is 35.5. The van der Waals surface area contributed by atoms with Gasteiger partial charge in [-0.25, -0.2) is 4.39 Å². The fourth-order valence-corrected chi connectivity index (χ4v) is 3.79. The van der Waals surface area contributed by atoms with Crippen LogP contribution in [0.25, 0.3) is 0 Å². The van der Waals surface area contributed by atoms with E-state index in [1.807, 2.05) is 0 Å². The summed E-state index contributed by atoms with van der Waals surface area (Å²) in [7, 11) is 0. The van der Waals surface area contributed by atoms with E-state index in [1.165, 1.54) is 25.3 Å². The fraction of sp³-hybridized carbons (Fsp3) is 0.600. The molecule has 0 aromatic heterocycles. The van der Waals surface area contributed by atoms with Gasteiger partial charge in [0.2, 0.25) is 0 Å². The van der Waals surface area contributed by atoms with E-state index in [0.29, 0.717) is 5.02 Å². The molecule has 0 aliphatic heterocycles. The molecule has 1 spiro atoms. The van der Waals surface area contributed by atoms with E-state index in [2.05, 4.69) is 0 Å². The van der Waals surface area contributed by atoms with E-state index in [-0.39, 0.29) is 29.1 Å². The van der Waals surface area contributed by atoms with Gasteiger partial charge in [0.05, 0.1) is 5.02 Å². The highest BCUT2D eigenvalue weighted by Crippen LogP contribution is 2.52. The van der Waals surface area contributed by atoms with Crippen LogP contribution in [0.4, 0.5) is 4.39 Å². The minimum atomic E-state index is -0.390. The Kier molecular flexibility index (Phi) is 3.44. The van der Waals surface area contributed by atoms with E-state index < -0.39 is 0 Å². The lowest BCUT2D eigenvalue weighted by molar-refractivity contribution is -0.0911. The molecule has 2 N–H and O–H groups in total. The third-order valence-electron chi connectivity index (χ3n) is 4.81. The first-order valence-corrected chi connectivity index (χ1v) is 7.37. The highest BCUT2D eigenvalue weighted by Gasteiger charge is 2.55. The van der Waals surface area contributed by atoms with E-state index in [1.54, 1.807) is 12.1 Å². The Labute approximate surface area is 118 Å². The summed E-state index contributed by atoms with van der Waals surface area (Å²) in [4.78, 5) is 0. The Balaban J connectivity index is 1.80. The second kappa shape index (κ2) is 4.95. The molecule has 2 aliphatic carbocycles. The van der Waals surface area contributed by atoms with Crippen molar-refractivity contribution in [2.24, 2.45) is 11.1 Å². The number of ether oxygens (including phenoxy) is 1. The molecule has 2 atom stereocenters. The molecule has 2 unspecified atom stereocenters. The SMILES string of the molecule is NC1CC(Oc2c(F)cccc2Cl)C12CCCCC2. The zero-order chi connectivity index (χ0) is 13.5. The molecule has 19 heavy (non-hydrogen) atoms. The monoisotopic (exact) mass is 283 g/mol. The van der Waals surface area contributed by atoms with Crippen LogP contribution < -0.4 is 10.5 Å². The van der Waals surface area contributed by atoms with Crippen LogP contribution in [-0.2, 0) is 0 Å². The molecule has 2 aliphatic rings. The van der Waals surface area contributed by atoms with Crippen molar-refractivity contribution in [3.8, 4) is 5.75 Å². The summed E-state index contributed by atoms with van der Waals surface area (Å²) >= 11 is 6.02. The van der Waals surface area contributed by atoms with Crippen molar-refractivity contribution in [2.45, 2.75) is 50.7 Å². The average Bonchev–Trinajstić information content (AvgIpc) is 2.43. The number of benzene rings is 1. The molecule has 0 amide bonds. The largest absolute Gasteiger partial charge is 0.485 e. The highest BCUT2D eigenvalue weighted by molar-refractivity contribution is 6.32. The molecule has 2 nitrogen and oxygen atoms in total. The second-order valence-electron chi connectivity index (χ2n) is 5.79. The first-order valence-electron chi connectivity index (χ1n) is 7.00. The maximum absolute atomic E-state index is 13.8. The lowest BCUT2D eigenvalue weighted by atomic mass is 9.55. The Morgan fingerprint density at radius 1 is 1.26 bits per heavy atom. The van der Waals surface area contributed by atoms with Crippen LogP contribution in [0.1, 0.15) is 38.5 Å². The van der Waals surface area contributed by atoms with Crippen LogP contribution in [0.3, 0.4) is 0 Å². The maximum atomic E-state index is 13.8. The molecule has 0 heterocycles. The van der Waals surface area contributed by atoms with E-state index in [4.69, 9.17) is 22.1 Å². The van der Waals surface area contributed by atoms with Gasteiger partial charge in [-0.05, 0) is 25.0 Å². The van der Waals surface area contributed by atoms with Crippen molar-refractivity contribution < 1.29 is 9.13 Å². The summed E-state index contributed by atoms with van der Waals surface area (Å²) in [5.74, 6) is -0.204. The Bertz CT molecular complexity index is 453. The summed E-state index contributed by atoms with van der Waals surface area (Å²) in [6.07, 6.45) is 6.64. The van der Waals surface area contributed by atoms with Crippen molar-refractivity contribution in [3.05, 3.63) is 29.0 Å². The molecule has 0 bridgehead atoms. The number of hydrogen-bond donors (Lipinski definition) is 1. The zero-order valence-electron chi connectivity index (χ0n) is 10.9. The number of para-hydroxylation sites is 1. The topological polar surface area (TPSA) is 35.2 Å². The first-order chi connectivity index (χ1) is 9.13. The van der Waals surface area contributed by atoms with Gasteiger partial charge in [-0.15, -0.1) is 0 Å². The molecule has 104 valence electrons. The maximum Gasteiger partial charge on any atom is 0.173 e. The van der Waals surface area contributed by atoms with Gasteiger partial charge in [0.15, 0.2) is 11.6 Å². The lowest BCUT2D eigenvalue weighted by Gasteiger charge is -2.56. The Morgan fingerprint density at radius 3 is 2.63 bits per heavy atom. The molecule has 2 fully saturated rings. The number of nitrogens with two attached hydrogens (primary N) is 1. The summed E-state index contributed by atoms with van der Waals surface area (Å²) in [5, 5.41) is 0.339. The molecule has 1 aromatic rings. The van der Waals surface area contributed by atoms with Crippen LogP contribution in [0, 0.1) is 11.2 Å². The van der Waals surface area contributed by atoms with Crippen LogP contribution in [0.2, 0.25) is 5.02 Å².